The van der Waals surface area contributed by atoms with Crippen LogP contribution in [0.25, 0.3) is 0 Å². The number of nitrogens with zero attached hydrogens (tertiary/aromatic N) is 2. The molecule has 2 saturated heterocycles. The first-order valence-electron chi connectivity index (χ1n) is 7.61. The van der Waals surface area contributed by atoms with Gasteiger partial charge < -0.3 is 14.7 Å². The quantitative estimate of drug-likeness (QED) is 0.798. The molecule has 0 unspecified atom stereocenters. The van der Waals surface area contributed by atoms with Gasteiger partial charge in [-0.05, 0) is 47.0 Å². The van der Waals surface area contributed by atoms with Crippen LogP contribution >= 0.6 is 0 Å². The summed E-state index contributed by atoms with van der Waals surface area (Å²) in [4.78, 5) is 16.2. The monoisotopic (exact) mass is 284 g/mol. The van der Waals surface area contributed by atoms with Crippen LogP contribution in [0.1, 0.15) is 47.0 Å². The summed E-state index contributed by atoms with van der Waals surface area (Å²) >= 11 is 0. The maximum atomic E-state index is 12.0. The van der Waals surface area contributed by atoms with E-state index in [4.69, 9.17) is 4.74 Å². The van der Waals surface area contributed by atoms with Crippen LogP contribution in [0.4, 0.5) is 4.79 Å². The number of carbonyl (C=O) groups is 1. The Bertz CT molecular complexity index is 357. The second kappa shape index (κ2) is 5.53. The number of hydrogen-bond acceptors (Lipinski definition) is 4. The lowest BCUT2D eigenvalue weighted by molar-refractivity contribution is 0.000511. The van der Waals surface area contributed by atoms with E-state index in [1.807, 2.05) is 20.8 Å². The Kier molecular flexibility index (Phi) is 4.30. The average Bonchev–Trinajstić information content (AvgIpc) is 2.75. The summed E-state index contributed by atoms with van der Waals surface area (Å²) in [5.41, 5.74) is -0.326. The molecule has 5 heteroatoms. The number of carbonyl (C=O) groups excluding carboxylic acids is 1. The number of amides is 1. The molecule has 0 aromatic carbocycles. The van der Waals surface area contributed by atoms with Gasteiger partial charge in [-0.1, -0.05) is 0 Å². The molecule has 1 amide bonds. The first-order chi connectivity index (χ1) is 9.20. The minimum atomic E-state index is -0.434. The maximum Gasteiger partial charge on any atom is 0.410 e. The van der Waals surface area contributed by atoms with E-state index in [-0.39, 0.29) is 17.7 Å². The van der Waals surface area contributed by atoms with E-state index < -0.39 is 5.60 Å². The van der Waals surface area contributed by atoms with Gasteiger partial charge in [0.2, 0.25) is 0 Å². The molecule has 20 heavy (non-hydrogen) atoms. The zero-order valence-corrected chi connectivity index (χ0v) is 13.2. The van der Waals surface area contributed by atoms with Gasteiger partial charge in [-0.2, -0.15) is 0 Å². The van der Waals surface area contributed by atoms with E-state index in [0.717, 1.165) is 45.4 Å². The van der Waals surface area contributed by atoms with Crippen molar-refractivity contribution in [3.63, 3.8) is 0 Å². The summed E-state index contributed by atoms with van der Waals surface area (Å²) in [6.45, 7) is 11.1. The summed E-state index contributed by atoms with van der Waals surface area (Å²) in [7, 11) is 0. The SMILES string of the molecule is CC(C)(C)OC(=O)N1CCC(C)(N2CC[C@H](O)C2)CC1. The van der Waals surface area contributed by atoms with Crippen LogP contribution in [0, 0.1) is 0 Å². The molecule has 2 fully saturated rings. The van der Waals surface area contributed by atoms with Crippen LogP contribution in [-0.4, -0.2) is 64.4 Å². The molecule has 0 radical (unpaired) electrons. The summed E-state index contributed by atoms with van der Waals surface area (Å²) in [6.07, 6.45) is 2.36. The summed E-state index contributed by atoms with van der Waals surface area (Å²) in [5, 5.41) is 9.69. The zero-order valence-electron chi connectivity index (χ0n) is 13.2. The smallest absolute Gasteiger partial charge is 0.410 e. The Morgan fingerprint density at radius 2 is 1.85 bits per heavy atom. The van der Waals surface area contributed by atoms with Crippen LogP contribution < -0.4 is 0 Å². The zero-order chi connectivity index (χ0) is 15.0. The molecule has 5 nitrogen and oxygen atoms in total. The maximum absolute atomic E-state index is 12.0. The number of rotatable bonds is 1. The van der Waals surface area contributed by atoms with E-state index in [2.05, 4.69) is 11.8 Å². The molecular weight excluding hydrogens is 256 g/mol. The van der Waals surface area contributed by atoms with Gasteiger partial charge in [0.05, 0.1) is 6.10 Å². The minimum absolute atomic E-state index is 0.107. The van der Waals surface area contributed by atoms with Crippen molar-refractivity contribution >= 4 is 6.09 Å². The molecular formula is C15H28N2O3. The molecule has 1 atom stereocenters. The molecule has 0 spiro atoms. The van der Waals surface area contributed by atoms with Crippen molar-refractivity contribution in [2.45, 2.75) is 64.2 Å². The van der Waals surface area contributed by atoms with Gasteiger partial charge in [-0.25, -0.2) is 4.79 Å². The Hall–Kier alpha value is -0.810. The first kappa shape index (κ1) is 15.6. The van der Waals surface area contributed by atoms with Gasteiger partial charge >= 0.3 is 6.09 Å². The van der Waals surface area contributed by atoms with Crippen LogP contribution in [-0.2, 0) is 4.74 Å². The highest BCUT2D eigenvalue weighted by molar-refractivity contribution is 5.68. The lowest BCUT2D eigenvalue weighted by atomic mass is 9.88. The van der Waals surface area contributed by atoms with Crippen molar-refractivity contribution in [3.8, 4) is 0 Å². The lowest BCUT2D eigenvalue weighted by Gasteiger charge is -2.45. The molecule has 116 valence electrons. The number of likely N-dealkylation sites (tertiary alicyclic amines) is 2. The molecule has 2 heterocycles. The van der Waals surface area contributed by atoms with Gasteiger partial charge in [-0.15, -0.1) is 0 Å². The third-order valence-electron chi connectivity index (χ3n) is 4.42. The second-order valence-electron chi connectivity index (χ2n) is 7.35. The standard InChI is InChI=1S/C15H28N2O3/c1-14(2,3)20-13(19)16-9-6-15(4,7-10-16)17-8-5-12(18)11-17/h12,18H,5-11H2,1-4H3/t12-/m0/s1. The molecule has 0 saturated carbocycles. The average molecular weight is 284 g/mol. The summed E-state index contributed by atoms with van der Waals surface area (Å²) in [6, 6.07) is 0. The van der Waals surface area contributed by atoms with E-state index in [1.165, 1.54) is 0 Å². The lowest BCUT2D eigenvalue weighted by Crippen LogP contribution is -2.54. The van der Waals surface area contributed by atoms with Crippen LogP contribution in [0.15, 0.2) is 0 Å². The van der Waals surface area contributed by atoms with Crippen molar-refractivity contribution in [2.24, 2.45) is 0 Å². The van der Waals surface area contributed by atoms with E-state index >= 15 is 0 Å². The number of piperidine rings is 1. The number of β-amino-alcohol motifs (C(OH)–C–C–N with tert-alkyl or cyclic N) is 1. The fourth-order valence-electron chi connectivity index (χ4n) is 3.05. The van der Waals surface area contributed by atoms with Gasteiger partial charge in [0.25, 0.3) is 0 Å². The Morgan fingerprint density at radius 1 is 1.25 bits per heavy atom. The fraction of sp³-hybridized carbons (Fsp3) is 0.933. The van der Waals surface area contributed by atoms with Crippen LogP contribution in [0.3, 0.4) is 0 Å². The Morgan fingerprint density at radius 3 is 2.30 bits per heavy atom. The highest BCUT2D eigenvalue weighted by atomic mass is 16.6. The minimum Gasteiger partial charge on any atom is -0.444 e. The number of ether oxygens (including phenoxy) is 1. The van der Waals surface area contributed by atoms with E-state index in [9.17, 15) is 9.90 Å². The molecule has 0 aromatic rings. The molecule has 0 bridgehead atoms. The topological polar surface area (TPSA) is 53.0 Å². The highest BCUT2D eigenvalue weighted by Gasteiger charge is 2.40. The van der Waals surface area contributed by atoms with Crippen LogP contribution in [0.2, 0.25) is 0 Å². The number of aliphatic hydroxyl groups is 1. The van der Waals surface area contributed by atoms with E-state index in [0.29, 0.717) is 0 Å². The van der Waals surface area contributed by atoms with Crippen LogP contribution in [0.5, 0.6) is 0 Å². The molecule has 1 N–H and O–H groups in total. The molecule has 0 aromatic heterocycles. The highest BCUT2D eigenvalue weighted by Crippen LogP contribution is 2.32. The second-order valence-corrected chi connectivity index (χ2v) is 7.35. The largest absolute Gasteiger partial charge is 0.444 e. The third-order valence-corrected chi connectivity index (χ3v) is 4.42. The van der Waals surface area contributed by atoms with Crippen molar-refractivity contribution < 1.29 is 14.6 Å². The van der Waals surface area contributed by atoms with Gasteiger partial charge in [0, 0.05) is 31.7 Å². The predicted molar refractivity (Wildman–Crippen MR) is 77.6 cm³/mol. The Balaban J connectivity index is 1.87. The Labute approximate surface area is 121 Å². The number of aliphatic hydroxyl groups excluding tert-OH is 1. The first-order valence-corrected chi connectivity index (χ1v) is 7.61. The summed E-state index contributed by atoms with van der Waals surface area (Å²) < 4.78 is 5.42. The van der Waals surface area contributed by atoms with Gasteiger partial charge in [0.1, 0.15) is 5.60 Å². The van der Waals surface area contributed by atoms with Crippen molar-refractivity contribution in [3.05, 3.63) is 0 Å². The van der Waals surface area contributed by atoms with Gasteiger partial charge in [-0.3, -0.25) is 4.90 Å². The fourth-order valence-corrected chi connectivity index (χ4v) is 3.05. The predicted octanol–water partition coefficient (Wildman–Crippen LogP) is 1.84. The van der Waals surface area contributed by atoms with Crippen molar-refractivity contribution in [1.82, 2.24) is 9.80 Å². The molecule has 2 aliphatic heterocycles. The molecule has 0 aliphatic carbocycles. The third kappa shape index (κ3) is 3.64. The van der Waals surface area contributed by atoms with Gasteiger partial charge in [0.15, 0.2) is 0 Å². The van der Waals surface area contributed by atoms with Crippen molar-refractivity contribution in [2.75, 3.05) is 26.2 Å². The van der Waals surface area contributed by atoms with Crippen molar-refractivity contribution in [1.29, 1.82) is 0 Å². The molecule has 2 aliphatic rings. The normalized spacial score (nSPS) is 27.6. The molecule has 2 rings (SSSR count). The summed E-state index contributed by atoms with van der Waals surface area (Å²) in [5.74, 6) is 0. The van der Waals surface area contributed by atoms with E-state index in [1.54, 1.807) is 4.90 Å². The number of hydrogen-bond donors (Lipinski definition) is 1.